The van der Waals surface area contributed by atoms with Crippen LogP contribution in [0.1, 0.15) is 12.5 Å². The number of hydrogen-bond acceptors (Lipinski definition) is 4. The van der Waals surface area contributed by atoms with Crippen molar-refractivity contribution in [3.8, 4) is 11.5 Å². The molecule has 106 valence electrons. The molecule has 1 atom stereocenters. The monoisotopic (exact) mass is 267 g/mol. The third kappa shape index (κ3) is 4.79. The molecule has 0 fully saturated rings. The molecule has 0 spiro atoms. The first-order valence-electron chi connectivity index (χ1n) is 6.23. The highest BCUT2D eigenvalue weighted by Gasteiger charge is 2.10. The fourth-order valence-corrected chi connectivity index (χ4v) is 1.69. The van der Waals surface area contributed by atoms with E-state index < -0.39 is 5.97 Å². The van der Waals surface area contributed by atoms with Crippen molar-refractivity contribution in [3.63, 3.8) is 0 Å². The highest BCUT2D eigenvalue weighted by molar-refractivity contribution is 5.69. The maximum atomic E-state index is 10.7. The lowest BCUT2D eigenvalue weighted by Gasteiger charge is -2.12. The van der Waals surface area contributed by atoms with Gasteiger partial charge in [-0.2, -0.15) is 0 Å². The lowest BCUT2D eigenvalue weighted by atomic mass is 10.1. The summed E-state index contributed by atoms with van der Waals surface area (Å²) in [6.45, 7) is 2.86. The normalized spacial score (nSPS) is 11.9. The number of methoxy groups -OCH3 is 2. The van der Waals surface area contributed by atoms with Crippen molar-refractivity contribution >= 4 is 5.97 Å². The van der Waals surface area contributed by atoms with E-state index in [9.17, 15) is 4.79 Å². The van der Waals surface area contributed by atoms with Crippen molar-refractivity contribution in [3.05, 3.63) is 23.8 Å². The second-order valence-electron chi connectivity index (χ2n) is 4.37. The molecule has 0 saturated carbocycles. The molecule has 1 rings (SSSR count). The molecule has 19 heavy (non-hydrogen) atoms. The summed E-state index contributed by atoms with van der Waals surface area (Å²) in [7, 11) is 3.24. The Bertz CT molecular complexity index is 420. The van der Waals surface area contributed by atoms with Crippen LogP contribution in [0.2, 0.25) is 0 Å². The average Bonchev–Trinajstić information content (AvgIpc) is 2.43. The van der Waals surface area contributed by atoms with Crippen molar-refractivity contribution in [2.45, 2.75) is 13.3 Å². The molecule has 0 amide bonds. The minimum atomic E-state index is -0.783. The molecule has 1 unspecified atom stereocenters. The fourth-order valence-electron chi connectivity index (χ4n) is 1.69. The van der Waals surface area contributed by atoms with Gasteiger partial charge in [0.25, 0.3) is 0 Å². The standard InChI is InChI=1S/C14H21NO4/c1-10(14(16)17)9-15-7-6-11-4-5-12(18-2)8-13(11)19-3/h4-5,8,10,15H,6-7,9H2,1-3H3,(H,16,17). The van der Waals surface area contributed by atoms with Gasteiger partial charge in [-0.25, -0.2) is 0 Å². The van der Waals surface area contributed by atoms with E-state index in [4.69, 9.17) is 14.6 Å². The Kier molecular flexibility index (Phi) is 6.15. The van der Waals surface area contributed by atoms with Gasteiger partial charge in [0.05, 0.1) is 20.1 Å². The molecule has 1 aromatic rings. The minimum Gasteiger partial charge on any atom is -0.497 e. The molecule has 0 bridgehead atoms. The minimum absolute atomic E-state index is 0.377. The van der Waals surface area contributed by atoms with E-state index in [1.54, 1.807) is 21.1 Å². The summed E-state index contributed by atoms with van der Waals surface area (Å²) in [5, 5.41) is 11.9. The maximum absolute atomic E-state index is 10.7. The number of carboxylic acid groups (broad SMARTS) is 1. The smallest absolute Gasteiger partial charge is 0.307 e. The van der Waals surface area contributed by atoms with Gasteiger partial charge in [0.1, 0.15) is 11.5 Å². The number of carbonyl (C=O) groups is 1. The molecule has 0 aliphatic rings. The summed E-state index contributed by atoms with van der Waals surface area (Å²) in [5.41, 5.74) is 1.07. The van der Waals surface area contributed by atoms with Gasteiger partial charge in [0, 0.05) is 12.6 Å². The molecule has 0 radical (unpaired) electrons. The van der Waals surface area contributed by atoms with Crippen LogP contribution < -0.4 is 14.8 Å². The molecular formula is C14H21NO4. The molecular weight excluding hydrogens is 246 g/mol. The number of nitrogens with one attached hydrogen (secondary N) is 1. The SMILES string of the molecule is COc1ccc(CCNCC(C)C(=O)O)c(OC)c1. The van der Waals surface area contributed by atoms with Gasteiger partial charge in [-0.3, -0.25) is 4.79 Å². The van der Waals surface area contributed by atoms with Crippen molar-refractivity contribution < 1.29 is 19.4 Å². The molecule has 5 nitrogen and oxygen atoms in total. The average molecular weight is 267 g/mol. The number of benzene rings is 1. The van der Waals surface area contributed by atoms with E-state index in [1.165, 1.54) is 0 Å². The number of carboxylic acids is 1. The van der Waals surface area contributed by atoms with Gasteiger partial charge in [-0.1, -0.05) is 13.0 Å². The van der Waals surface area contributed by atoms with E-state index in [-0.39, 0.29) is 5.92 Å². The first-order chi connectivity index (χ1) is 9.08. The largest absolute Gasteiger partial charge is 0.497 e. The lowest BCUT2D eigenvalue weighted by Crippen LogP contribution is -2.27. The van der Waals surface area contributed by atoms with Crippen LogP contribution in [0.4, 0.5) is 0 Å². The molecule has 0 heterocycles. The van der Waals surface area contributed by atoms with Crippen LogP contribution in [0, 0.1) is 5.92 Å². The summed E-state index contributed by atoms with van der Waals surface area (Å²) in [5.74, 6) is 0.382. The summed E-state index contributed by atoms with van der Waals surface area (Å²) < 4.78 is 10.4. The molecule has 0 saturated heterocycles. The molecule has 0 aromatic heterocycles. The van der Waals surface area contributed by atoms with Crippen LogP contribution in [0.15, 0.2) is 18.2 Å². The number of aliphatic carboxylic acids is 1. The van der Waals surface area contributed by atoms with Crippen LogP contribution >= 0.6 is 0 Å². The quantitative estimate of drug-likeness (QED) is 0.700. The molecule has 5 heteroatoms. The molecule has 0 aliphatic carbocycles. The van der Waals surface area contributed by atoms with E-state index in [1.807, 2.05) is 18.2 Å². The van der Waals surface area contributed by atoms with Crippen molar-refractivity contribution in [1.29, 1.82) is 0 Å². The molecule has 0 aliphatic heterocycles. The first-order valence-corrected chi connectivity index (χ1v) is 6.23. The van der Waals surface area contributed by atoms with Crippen LogP contribution in [0.25, 0.3) is 0 Å². The van der Waals surface area contributed by atoms with Crippen LogP contribution in [-0.2, 0) is 11.2 Å². The number of rotatable bonds is 8. The zero-order valence-corrected chi connectivity index (χ0v) is 11.6. The Morgan fingerprint density at radius 3 is 2.68 bits per heavy atom. The van der Waals surface area contributed by atoms with Gasteiger partial charge in [0.2, 0.25) is 0 Å². The summed E-state index contributed by atoms with van der Waals surface area (Å²) in [4.78, 5) is 10.7. The Morgan fingerprint density at radius 1 is 1.37 bits per heavy atom. The Hall–Kier alpha value is -1.75. The van der Waals surface area contributed by atoms with Gasteiger partial charge >= 0.3 is 5.97 Å². The summed E-state index contributed by atoms with van der Waals surface area (Å²) >= 11 is 0. The molecule has 2 N–H and O–H groups in total. The van der Waals surface area contributed by atoms with E-state index in [2.05, 4.69) is 5.32 Å². The maximum Gasteiger partial charge on any atom is 0.307 e. The van der Waals surface area contributed by atoms with Gasteiger partial charge in [0.15, 0.2) is 0 Å². The van der Waals surface area contributed by atoms with Crippen LogP contribution in [-0.4, -0.2) is 38.4 Å². The van der Waals surface area contributed by atoms with E-state index in [0.717, 1.165) is 23.5 Å². The summed E-state index contributed by atoms with van der Waals surface area (Å²) in [6.07, 6.45) is 0.777. The van der Waals surface area contributed by atoms with Gasteiger partial charge in [-0.15, -0.1) is 0 Å². The highest BCUT2D eigenvalue weighted by Crippen LogP contribution is 2.24. The van der Waals surface area contributed by atoms with Crippen molar-refractivity contribution in [2.75, 3.05) is 27.3 Å². The Morgan fingerprint density at radius 2 is 2.11 bits per heavy atom. The summed E-state index contributed by atoms with van der Waals surface area (Å²) in [6, 6.07) is 5.69. The number of ether oxygens (including phenoxy) is 2. The van der Waals surface area contributed by atoms with Crippen molar-refractivity contribution in [1.82, 2.24) is 5.32 Å². The van der Waals surface area contributed by atoms with E-state index in [0.29, 0.717) is 13.1 Å². The highest BCUT2D eigenvalue weighted by atomic mass is 16.5. The first kappa shape index (κ1) is 15.3. The predicted octanol–water partition coefficient (Wildman–Crippen LogP) is 1.56. The second kappa shape index (κ2) is 7.63. The zero-order chi connectivity index (χ0) is 14.3. The van der Waals surface area contributed by atoms with Crippen molar-refractivity contribution in [2.24, 2.45) is 5.92 Å². The van der Waals surface area contributed by atoms with Crippen LogP contribution in [0.3, 0.4) is 0 Å². The second-order valence-corrected chi connectivity index (χ2v) is 4.37. The van der Waals surface area contributed by atoms with Gasteiger partial charge < -0.3 is 19.9 Å². The van der Waals surface area contributed by atoms with Gasteiger partial charge in [-0.05, 0) is 24.6 Å². The predicted molar refractivity (Wildman–Crippen MR) is 72.9 cm³/mol. The Balaban J connectivity index is 2.47. The molecule has 1 aromatic carbocycles. The number of hydrogen-bond donors (Lipinski definition) is 2. The Labute approximate surface area is 113 Å². The lowest BCUT2D eigenvalue weighted by molar-refractivity contribution is -0.140. The zero-order valence-electron chi connectivity index (χ0n) is 11.6. The third-order valence-electron chi connectivity index (χ3n) is 2.94. The topological polar surface area (TPSA) is 67.8 Å². The van der Waals surface area contributed by atoms with E-state index >= 15 is 0 Å². The van der Waals surface area contributed by atoms with Crippen LogP contribution in [0.5, 0.6) is 11.5 Å². The third-order valence-corrected chi connectivity index (χ3v) is 2.94. The fraction of sp³-hybridized carbons (Fsp3) is 0.500.